The van der Waals surface area contributed by atoms with Gasteiger partial charge in [0, 0.05) is 18.0 Å². The number of phenols is 1. The van der Waals surface area contributed by atoms with Gasteiger partial charge in [0.05, 0.1) is 18.7 Å². The molecule has 0 bridgehead atoms. The molecule has 31 heavy (non-hydrogen) atoms. The number of β-amino-alcohol motifs (C(OH)–C–C–N with tert-alkyl or cyclic N) is 1. The summed E-state index contributed by atoms with van der Waals surface area (Å²) < 4.78 is 5.59. The quantitative estimate of drug-likeness (QED) is 0.511. The second kappa shape index (κ2) is 8.70. The molecule has 7 nitrogen and oxygen atoms in total. The van der Waals surface area contributed by atoms with Crippen LogP contribution < -0.4 is 15.6 Å². The molecule has 1 amide bonds. The second-order valence-electron chi connectivity index (χ2n) is 8.20. The smallest absolute Gasteiger partial charge is 0.242 e. The maximum atomic E-state index is 13.2. The van der Waals surface area contributed by atoms with E-state index >= 15 is 0 Å². The highest BCUT2D eigenvalue weighted by atomic mass is 16.5. The Balaban J connectivity index is 1.74. The number of carbonyl (C=O) groups is 1. The highest BCUT2D eigenvalue weighted by Crippen LogP contribution is 2.49. The van der Waals surface area contributed by atoms with Gasteiger partial charge in [-0.2, -0.15) is 0 Å². The van der Waals surface area contributed by atoms with E-state index in [1.54, 1.807) is 17.0 Å². The van der Waals surface area contributed by atoms with E-state index in [9.17, 15) is 15.0 Å². The number of aliphatic hydroxyl groups is 1. The van der Waals surface area contributed by atoms with E-state index in [4.69, 9.17) is 4.74 Å². The molecule has 4 atom stereocenters. The Bertz CT molecular complexity index is 952. The fraction of sp³-hybridized carbons (Fsp3) is 0.375. The number of fused-ring (bicyclic) bond motifs is 1. The van der Waals surface area contributed by atoms with Crippen LogP contribution in [0.2, 0.25) is 0 Å². The zero-order valence-corrected chi connectivity index (χ0v) is 17.8. The molecule has 0 spiro atoms. The van der Waals surface area contributed by atoms with Crippen LogP contribution >= 0.6 is 0 Å². The van der Waals surface area contributed by atoms with Crippen molar-refractivity contribution in [1.82, 2.24) is 15.8 Å². The number of nitrogens with one attached hydrogen (secondary N) is 2. The molecule has 4 unspecified atom stereocenters. The second-order valence-corrected chi connectivity index (χ2v) is 8.20. The van der Waals surface area contributed by atoms with Gasteiger partial charge in [-0.15, -0.1) is 0 Å². The summed E-state index contributed by atoms with van der Waals surface area (Å²) in [6.07, 6.45) is 1.69. The van der Waals surface area contributed by atoms with Crippen LogP contribution in [0.5, 0.6) is 11.5 Å². The highest BCUT2D eigenvalue weighted by molar-refractivity contribution is 5.86. The van der Waals surface area contributed by atoms with Gasteiger partial charge >= 0.3 is 0 Å². The molecule has 7 heteroatoms. The molecule has 2 aliphatic rings. The van der Waals surface area contributed by atoms with Crippen LogP contribution in [0.4, 0.5) is 0 Å². The summed E-state index contributed by atoms with van der Waals surface area (Å²) >= 11 is 0. The minimum absolute atomic E-state index is 0.0599. The minimum atomic E-state index is -0.446. The maximum absolute atomic E-state index is 13.2. The van der Waals surface area contributed by atoms with E-state index in [1.807, 2.05) is 44.2 Å². The van der Waals surface area contributed by atoms with Crippen LogP contribution in [0, 0.1) is 19.8 Å². The van der Waals surface area contributed by atoms with Gasteiger partial charge in [0.1, 0.15) is 24.1 Å². The van der Waals surface area contributed by atoms with E-state index in [0.29, 0.717) is 6.61 Å². The van der Waals surface area contributed by atoms with Crippen LogP contribution in [0.25, 0.3) is 0 Å². The van der Waals surface area contributed by atoms with Crippen LogP contribution in [-0.4, -0.2) is 46.8 Å². The number of phenolic OH excluding ortho intramolecular Hbond substituents is 1. The number of hydrogen-bond acceptors (Lipinski definition) is 6. The van der Waals surface area contributed by atoms with Gasteiger partial charge in [-0.1, -0.05) is 30.9 Å². The van der Waals surface area contributed by atoms with Crippen LogP contribution in [-0.2, 0) is 4.79 Å². The van der Waals surface area contributed by atoms with Crippen molar-refractivity contribution >= 4 is 5.91 Å². The van der Waals surface area contributed by atoms with E-state index in [-0.39, 0.29) is 42.8 Å². The van der Waals surface area contributed by atoms with Crippen molar-refractivity contribution in [3.63, 3.8) is 0 Å². The molecule has 2 saturated heterocycles. The Hall–Kier alpha value is -2.87. The normalized spacial score (nSPS) is 25.0. The van der Waals surface area contributed by atoms with Gasteiger partial charge in [-0.3, -0.25) is 4.79 Å². The van der Waals surface area contributed by atoms with Crippen molar-refractivity contribution in [2.75, 3.05) is 19.8 Å². The van der Waals surface area contributed by atoms with Crippen LogP contribution in [0.3, 0.4) is 0 Å². The minimum Gasteiger partial charge on any atom is -0.508 e. The van der Waals surface area contributed by atoms with Gasteiger partial charge in [-0.25, -0.2) is 10.9 Å². The fourth-order valence-electron chi connectivity index (χ4n) is 4.98. The zero-order chi connectivity index (χ0) is 22.1. The largest absolute Gasteiger partial charge is 0.508 e. The molecule has 0 radical (unpaired) electrons. The number of rotatable bonds is 7. The highest BCUT2D eigenvalue weighted by Gasteiger charge is 2.55. The molecule has 0 aromatic heterocycles. The number of aromatic hydroxyl groups is 1. The molecule has 2 aliphatic heterocycles. The lowest BCUT2D eigenvalue weighted by atomic mass is 9.81. The summed E-state index contributed by atoms with van der Waals surface area (Å²) in [7, 11) is 0. The third-order valence-electron chi connectivity index (χ3n) is 6.16. The lowest BCUT2D eigenvalue weighted by Gasteiger charge is -2.31. The predicted octanol–water partition coefficient (Wildman–Crippen LogP) is 2.28. The molecule has 4 N–H and O–H groups in total. The van der Waals surface area contributed by atoms with E-state index in [1.165, 1.54) is 0 Å². The number of aliphatic hydroxyl groups excluding tert-OH is 1. The Labute approximate surface area is 182 Å². The number of amides is 1. The molecule has 2 fully saturated rings. The van der Waals surface area contributed by atoms with Crippen molar-refractivity contribution in [1.29, 1.82) is 0 Å². The van der Waals surface area contributed by atoms with Crippen molar-refractivity contribution in [3.05, 3.63) is 71.3 Å². The first-order valence-electron chi connectivity index (χ1n) is 10.5. The van der Waals surface area contributed by atoms with Crippen LogP contribution in [0.1, 0.15) is 34.3 Å². The van der Waals surface area contributed by atoms with E-state index in [2.05, 4.69) is 17.4 Å². The summed E-state index contributed by atoms with van der Waals surface area (Å²) in [6.45, 7) is 8.13. The van der Waals surface area contributed by atoms with Crippen LogP contribution in [0.15, 0.2) is 49.1 Å². The molecule has 4 rings (SSSR count). The number of benzene rings is 2. The van der Waals surface area contributed by atoms with Gasteiger partial charge in [-0.05, 0) is 48.7 Å². The average molecular weight is 424 g/mol. The number of hydrogen-bond donors (Lipinski definition) is 4. The first-order chi connectivity index (χ1) is 15.0. The molecular weight excluding hydrogens is 394 g/mol. The van der Waals surface area contributed by atoms with E-state index < -0.39 is 6.04 Å². The van der Waals surface area contributed by atoms with Gasteiger partial charge in [0.25, 0.3) is 0 Å². The summed E-state index contributed by atoms with van der Waals surface area (Å²) in [5.41, 5.74) is 10.1. The standard InChI is InChI=1S/C24H29N3O4/c1-4-11-31-17-7-5-16(6-8-17)23-20-21(19-15(3)12-14(2)13-18(19)29)25-26-22(20)24(30)27(23)9-10-28/h4-8,12-13,20-23,25-26,28-29H,1,9-11H2,2-3H3. The first kappa shape index (κ1) is 21.4. The molecule has 0 aliphatic carbocycles. The Morgan fingerprint density at radius 1 is 1.16 bits per heavy atom. The molecule has 2 aromatic rings. The SMILES string of the molecule is C=CCOc1ccc(C2C3C(NNC3c3c(C)cc(C)cc3O)C(=O)N2CCO)cc1. The molecule has 2 heterocycles. The third-order valence-corrected chi connectivity index (χ3v) is 6.16. The zero-order valence-electron chi connectivity index (χ0n) is 17.8. The topological polar surface area (TPSA) is 94.1 Å². The molecule has 2 aromatic carbocycles. The Kier molecular flexibility index (Phi) is 6.00. The van der Waals surface area contributed by atoms with E-state index in [0.717, 1.165) is 28.0 Å². The average Bonchev–Trinajstić information content (AvgIpc) is 3.26. The lowest BCUT2D eigenvalue weighted by molar-refractivity contribution is -0.131. The summed E-state index contributed by atoms with van der Waals surface area (Å²) in [5.74, 6) is 0.725. The van der Waals surface area contributed by atoms with Gasteiger partial charge in [0.15, 0.2) is 0 Å². The lowest BCUT2D eigenvalue weighted by Crippen LogP contribution is -2.42. The van der Waals surface area contributed by atoms with Crippen molar-refractivity contribution < 1.29 is 19.7 Å². The van der Waals surface area contributed by atoms with Gasteiger partial charge in [0.2, 0.25) is 5.91 Å². The third kappa shape index (κ3) is 3.80. The summed E-state index contributed by atoms with van der Waals surface area (Å²) in [6, 6.07) is 10.5. The number of carbonyl (C=O) groups excluding carboxylic acids is 1. The van der Waals surface area contributed by atoms with Gasteiger partial charge < -0.3 is 19.8 Å². The molecular formula is C24H29N3O4. The van der Waals surface area contributed by atoms with Crippen molar-refractivity contribution in [2.24, 2.45) is 5.92 Å². The summed E-state index contributed by atoms with van der Waals surface area (Å²) in [5, 5.41) is 20.3. The number of aryl methyl sites for hydroxylation is 2. The number of ether oxygens (including phenoxy) is 1. The molecule has 0 saturated carbocycles. The molecule has 164 valence electrons. The first-order valence-corrected chi connectivity index (χ1v) is 10.5. The Morgan fingerprint density at radius 3 is 2.52 bits per heavy atom. The number of hydrazine groups is 1. The Morgan fingerprint density at radius 2 is 1.87 bits per heavy atom. The maximum Gasteiger partial charge on any atom is 0.242 e. The number of nitrogens with zero attached hydrogens (tertiary/aromatic N) is 1. The van der Waals surface area contributed by atoms with Crippen molar-refractivity contribution in [3.8, 4) is 11.5 Å². The monoisotopic (exact) mass is 423 g/mol. The summed E-state index contributed by atoms with van der Waals surface area (Å²) in [4.78, 5) is 14.9. The fourth-order valence-corrected chi connectivity index (χ4v) is 4.98. The predicted molar refractivity (Wildman–Crippen MR) is 118 cm³/mol. The van der Waals surface area contributed by atoms with Crippen molar-refractivity contribution in [2.45, 2.75) is 32.0 Å². The number of likely N-dealkylation sites (tertiary alicyclic amines) is 1.